The highest BCUT2D eigenvalue weighted by Gasteiger charge is 2.24. The van der Waals surface area contributed by atoms with Gasteiger partial charge in [0.2, 0.25) is 0 Å². The van der Waals surface area contributed by atoms with Crippen LogP contribution in [0, 0.1) is 0 Å². The van der Waals surface area contributed by atoms with Crippen molar-refractivity contribution in [1.29, 1.82) is 0 Å². The summed E-state index contributed by atoms with van der Waals surface area (Å²) in [5.74, 6) is -1.17. The minimum absolute atomic E-state index is 0.0525. The predicted molar refractivity (Wildman–Crippen MR) is 107 cm³/mol. The van der Waals surface area contributed by atoms with Crippen molar-refractivity contribution >= 4 is 18.0 Å². The van der Waals surface area contributed by atoms with E-state index < -0.39 is 29.7 Å². The zero-order valence-electron chi connectivity index (χ0n) is 17.3. The maximum Gasteiger partial charge on any atom is 0.408 e. The molecular weight excluding hydrogens is 378 g/mol. The van der Waals surface area contributed by atoms with Crippen molar-refractivity contribution in [3.8, 4) is 5.75 Å². The summed E-state index contributed by atoms with van der Waals surface area (Å²) in [5, 5.41) is 11.8. The molecule has 0 bridgehead atoms. The normalized spacial score (nSPS) is 11.9. The molecule has 160 valence electrons. The van der Waals surface area contributed by atoms with Crippen LogP contribution >= 0.6 is 0 Å². The summed E-state index contributed by atoms with van der Waals surface area (Å²) in [6.45, 7) is 10.5. The van der Waals surface area contributed by atoms with E-state index in [9.17, 15) is 19.5 Å². The number of allylic oxidation sites excluding steroid dienone is 1. The van der Waals surface area contributed by atoms with Gasteiger partial charge < -0.3 is 24.6 Å². The molecule has 1 unspecified atom stereocenters. The number of hydrogen-bond acceptors (Lipinski definition) is 6. The van der Waals surface area contributed by atoms with E-state index in [2.05, 4.69) is 11.9 Å². The van der Waals surface area contributed by atoms with Crippen LogP contribution in [-0.2, 0) is 31.9 Å². The molecule has 0 fully saturated rings. The third kappa shape index (κ3) is 9.14. The summed E-state index contributed by atoms with van der Waals surface area (Å²) in [6, 6.07) is 3.93. The highest BCUT2D eigenvalue weighted by atomic mass is 16.6. The molecule has 0 spiro atoms. The maximum absolute atomic E-state index is 11.9. The second-order valence-electron chi connectivity index (χ2n) is 7.27. The number of esters is 1. The molecule has 2 N–H and O–H groups in total. The number of amides is 1. The summed E-state index contributed by atoms with van der Waals surface area (Å²) in [7, 11) is 0. The van der Waals surface area contributed by atoms with Gasteiger partial charge in [0, 0.05) is 6.42 Å². The smallest absolute Gasteiger partial charge is 0.408 e. The quantitative estimate of drug-likeness (QED) is 0.453. The van der Waals surface area contributed by atoms with Crippen molar-refractivity contribution in [2.75, 3.05) is 13.2 Å². The van der Waals surface area contributed by atoms with E-state index in [4.69, 9.17) is 14.2 Å². The molecule has 1 aromatic carbocycles. The first-order valence-corrected chi connectivity index (χ1v) is 9.29. The van der Waals surface area contributed by atoms with Crippen LogP contribution in [0.25, 0.3) is 0 Å². The Morgan fingerprint density at radius 3 is 2.52 bits per heavy atom. The highest BCUT2D eigenvalue weighted by Crippen LogP contribution is 2.22. The van der Waals surface area contributed by atoms with Crippen molar-refractivity contribution in [3.05, 3.63) is 42.0 Å². The number of carboxylic acid groups (broad SMARTS) is 1. The van der Waals surface area contributed by atoms with Crippen LogP contribution in [0.5, 0.6) is 5.75 Å². The first kappa shape index (κ1) is 24.0. The second kappa shape index (κ2) is 11.1. The molecule has 1 amide bonds. The SMILES string of the molecule is C=CCc1cc(CC(NC(=O)OC(C)(C)C)C(=O)O)ccc1OCC(=O)OCC. The van der Waals surface area contributed by atoms with E-state index >= 15 is 0 Å². The molecule has 1 rings (SSSR count). The third-order valence-corrected chi connectivity index (χ3v) is 3.57. The molecule has 0 heterocycles. The fourth-order valence-electron chi connectivity index (χ4n) is 2.44. The van der Waals surface area contributed by atoms with Gasteiger partial charge >= 0.3 is 18.0 Å². The second-order valence-corrected chi connectivity index (χ2v) is 7.27. The van der Waals surface area contributed by atoms with E-state index in [1.807, 2.05) is 0 Å². The molecule has 8 heteroatoms. The van der Waals surface area contributed by atoms with Crippen molar-refractivity contribution in [3.63, 3.8) is 0 Å². The summed E-state index contributed by atoms with van der Waals surface area (Å²) in [6.07, 6.45) is 1.38. The standard InChI is InChI=1S/C21H29NO7/c1-6-8-15-11-14(9-10-17(15)28-13-18(23)27-7-2)12-16(19(24)25)22-20(26)29-21(3,4)5/h6,9-11,16H,1,7-8,12-13H2,2-5H3,(H,22,26)(H,24,25). The van der Waals surface area contributed by atoms with E-state index in [-0.39, 0.29) is 19.6 Å². The van der Waals surface area contributed by atoms with Crippen molar-refractivity contribution < 1.29 is 33.7 Å². The Morgan fingerprint density at radius 2 is 1.97 bits per heavy atom. The molecule has 0 saturated heterocycles. The number of hydrogen-bond donors (Lipinski definition) is 2. The van der Waals surface area contributed by atoms with Crippen LogP contribution in [0.3, 0.4) is 0 Å². The lowest BCUT2D eigenvalue weighted by Crippen LogP contribution is -2.44. The van der Waals surface area contributed by atoms with Crippen LogP contribution in [0.2, 0.25) is 0 Å². The van der Waals surface area contributed by atoms with E-state index in [0.29, 0.717) is 17.7 Å². The van der Waals surface area contributed by atoms with Crippen molar-refractivity contribution in [2.45, 2.75) is 52.2 Å². The number of carboxylic acids is 1. The number of nitrogens with one attached hydrogen (secondary N) is 1. The summed E-state index contributed by atoms with van der Waals surface area (Å²) in [4.78, 5) is 35.0. The van der Waals surface area contributed by atoms with Gasteiger partial charge in [-0.15, -0.1) is 6.58 Å². The van der Waals surface area contributed by atoms with Gasteiger partial charge in [-0.3, -0.25) is 0 Å². The van der Waals surface area contributed by atoms with Gasteiger partial charge in [-0.25, -0.2) is 14.4 Å². The number of ether oxygens (including phenoxy) is 3. The first-order valence-electron chi connectivity index (χ1n) is 9.29. The molecule has 0 aliphatic rings. The average Bonchev–Trinajstić information content (AvgIpc) is 2.59. The van der Waals surface area contributed by atoms with Crippen molar-refractivity contribution in [1.82, 2.24) is 5.32 Å². The lowest BCUT2D eigenvalue weighted by molar-refractivity contribution is -0.145. The average molecular weight is 407 g/mol. The third-order valence-electron chi connectivity index (χ3n) is 3.57. The highest BCUT2D eigenvalue weighted by molar-refractivity contribution is 5.80. The van der Waals surface area contributed by atoms with E-state index in [1.54, 1.807) is 52.0 Å². The Morgan fingerprint density at radius 1 is 1.28 bits per heavy atom. The number of alkyl carbamates (subject to hydrolysis) is 1. The van der Waals surface area contributed by atoms with Gasteiger partial charge in [0.05, 0.1) is 6.61 Å². The molecule has 29 heavy (non-hydrogen) atoms. The molecule has 0 aliphatic heterocycles. The van der Waals surface area contributed by atoms with Gasteiger partial charge in [-0.05, 0) is 51.3 Å². The van der Waals surface area contributed by atoms with Crippen LogP contribution in [0.15, 0.2) is 30.9 Å². The number of rotatable bonds is 10. The molecule has 8 nitrogen and oxygen atoms in total. The van der Waals surface area contributed by atoms with Gasteiger partial charge in [-0.2, -0.15) is 0 Å². The number of aliphatic carboxylic acids is 1. The lowest BCUT2D eigenvalue weighted by Gasteiger charge is -2.22. The maximum atomic E-state index is 11.9. The monoisotopic (exact) mass is 407 g/mol. The lowest BCUT2D eigenvalue weighted by atomic mass is 10.0. The number of carbonyl (C=O) groups excluding carboxylic acids is 2. The van der Waals surface area contributed by atoms with Gasteiger partial charge in [0.25, 0.3) is 0 Å². The molecular formula is C21H29NO7. The first-order chi connectivity index (χ1) is 13.6. The van der Waals surface area contributed by atoms with E-state index in [0.717, 1.165) is 5.56 Å². The minimum Gasteiger partial charge on any atom is -0.482 e. The molecule has 0 aromatic heterocycles. The number of benzene rings is 1. The zero-order valence-corrected chi connectivity index (χ0v) is 17.3. The van der Waals surface area contributed by atoms with Crippen molar-refractivity contribution in [2.24, 2.45) is 0 Å². The van der Waals surface area contributed by atoms with Crippen LogP contribution in [0.4, 0.5) is 4.79 Å². The molecule has 1 aromatic rings. The molecule has 1 atom stereocenters. The summed E-state index contributed by atoms with van der Waals surface area (Å²) in [5.41, 5.74) is 0.680. The number of carbonyl (C=O) groups is 3. The summed E-state index contributed by atoms with van der Waals surface area (Å²) >= 11 is 0. The van der Waals surface area contributed by atoms with Gasteiger partial charge in [0.1, 0.15) is 17.4 Å². The molecule has 0 radical (unpaired) electrons. The Balaban J connectivity index is 2.91. The van der Waals surface area contributed by atoms with Gasteiger partial charge in [0.15, 0.2) is 6.61 Å². The predicted octanol–water partition coefficient (Wildman–Crippen LogP) is 2.88. The largest absolute Gasteiger partial charge is 0.482 e. The Kier molecular flexibility index (Phi) is 9.18. The Bertz CT molecular complexity index is 737. The van der Waals surface area contributed by atoms with Gasteiger partial charge in [-0.1, -0.05) is 18.2 Å². The van der Waals surface area contributed by atoms with Crippen LogP contribution < -0.4 is 10.1 Å². The van der Waals surface area contributed by atoms with E-state index in [1.165, 1.54) is 0 Å². The Hall–Kier alpha value is -3.03. The fourth-order valence-corrected chi connectivity index (χ4v) is 2.44. The zero-order chi connectivity index (χ0) is 22.0. The topological polar surface area (TPSA) is 111 Å². The van der Waals surface area contributed by atoms with Crippen LogP contribution in [0.1, 0.15) is 38.8 Å². The summed E-state index contributed by atoms with van der Waals surface area (Å²) < 4.78 is 15.5. The molecule has 0 aliphatic carbocycles. The minimum atomic E-state index is -1.18. The van der Waals surface area contributed by atoms with Crippen LogP contribution in [-0.4, -0.2) is 48.0 Å². The fraction of sp³-hybridized carbons (Fsp3) is 0.476. The molecule has 0 saturated carbocycles. The Labute approximate surface area is 170 Å².